The van der Waals surface area contributed by atoms with Crippen LogP contribution in [0.15, 0.2) is 60.7 Å². The van der Waals surface area contributed by atoms with Gasteiger partial charge in [0.25, 0.3) is 0 Å². The number of carbonyl (C=O) groups excluding carboxylic acids is 2. The van der Waals surface area contributed by atoms with Crippen molar-refractivity contribution in [3.63, 3.8) is 0 Å². The highest BCUT2D eigenvalue weighted by Crippen LogP contribution is 2.08. The molecule has 0 spiro atoms. The summed E-state index contributed by atoms with van der Waals surface area (Å²) in [5, 5.41) is 15.0. The lowest BCUT2D eigenvalue weighted by molar-refractivity contribution is -0.142. The second-order valence-electron chi connectivity index (χ2n) is 7.36. The Balaban J connectivity index is 2.08. The number of carboxylic acid groups (broad SMARTS) is 1. The molecule has 3 N–H and O–H groups in total. The van der Waals surface area contributed by atoms with Crippen molar-refractivity contribution in [3.05, 3.63) is 71.8 Å². The van der Waals surface area contributed by atoms with Crippen molar-refractivity contribution in [3.8, 4) is 0 Å². The predicted molar refractivity (Wildman–Crippen MR) is 116 cm³/mol. The van der Waals surface area contributed by atoms with Crippen molar-refractivity contribution in [2.45, 2.75) is 57.5 Å². The van der Waals surface area contributed by atoms with E-state index in [2.05, 4.69) is 17.6 Å². The van der Waals surface area contributed by atoms with Gasteiger partial charge in [-0.1, -0.05) is 80.4 Å². The van der Waals surface area contributed by atoms with Crippen LogP contribution in [0.1, 0.15) is 43.7 Å². The minimum Gasteiger partial charge on any atom is -0.480 e. The van der Waals surface area contributed by atoms with E-state index in [1.165, 1.54) is 0 Å². The van der Waals surface area contributed by atoms with Crippen molar-refractivity contribution >= 4 is 17.8 Å². The Hall–Kier alpha value is -3.15. The maximum absolute atomic E-state index is 12.9. The molecule has 0 aliphatic carbocycles. The van der Waals surface area contributed by atoms with Gasteiger partial charge in [-0.05, 0) is 17.5 Å². The molecule has 2 amide bonds. The Morgan fingerprint density at radius 1 is 0.800 bits per heavy atom. The molecule has 0 aromatic heterocycles. The number of carbonyl (C=O) groups is 3. The molecule has 2 aromatic carbocycles. The second kappa shape index (κ2) is 12.4. The normalized spacial score (nSPS) is 12.6. The van der Waals surface area contributed by atoms with Crippen LogP contribution in [0.3, 0.4) is 0 Å². The zero-order valence-electron chi connectivity index (χ0n) is 17.3. The van der Waals surface area contributed by atoms with E-state index >= 15 is 0 Å². The topological polar surface area (TPSA) is 95.5 Å². The number of rotatable bonds is 12. The van der Waals surface area contributed by atoms with Gasteiger partial charge in [0.2, 0.25) is 11.8 Å². The summed E-state index contributed by atoms with van der Waals surface area (Å²) in [4.78, 5) is 37.0. The van der Waals surface area contributed by atoms with Gasteiger partial charge in [0.15, 0.2) is 0 Å². The Bertz CT molecular complexity index is 808. The van der Waals surface area contributed by atoms with Crippen LogP contribution in [0.5, 0.6) is 0 Å². The molecule has 0 heterocycles. The van der Waals surface area contributed by atoms with Gasteiger partial charge in [0.1, 0.15) is 12.1 Å². The molecule has 0 fully saturated rings. The first-order chi connectivity index (χ1) is 14.5. The third kappa shape index (κ3) is 8.07. The molecule has 30 heavy (non-hydrogen) atoms. The number of nitrogens with one attached hydrogen (secondary N) is 2. The first-order valence-electron chi connectivity index (χ1n) is 10.4. The minimum absolute atomic E-state index is 0.171. The molecule has 0 aliphatic rings. The van der Waals surface area contributed by atoms with Crippen molar-refractivity contribution in [1.29, 1.82) is 0 Å². The highest BCUT2D eigenvalue weighted by Gasteiger charge is 2.27. The summed E-state index contributed by atoms with van der Waals surface area (Å²) >= 11 is 0. The van der Waals surface area contributed by atoms with Gasteiger partial charge < -0.3 is 15.7 Å². The molecular weight excluding hydrogens is 380 g/mol. The van der Waals surface area contributed by atoms with Gasteiger partial charge in [-0.2, -0.15) is 0 Å². The maximum atomic E-state index is 12.9. The third-order valence-corrected chi connectivity index (χ3v) is 4.84. The van der Waals surface area contributed by atoms with Gasteiger partial charge in [0, 0.05) is 19.3 Å². The lowest BCUT2D eigenvalue weighted by Crippen LogP contribution is -2.53. The number of hydrogen-bond acceptors (Lipinski definition) is 3. The van der Waals surface area contributed by atoms with Crippen LogP contribution in [0.25, 0.3) is 0 Å². The zero-order chi connectivity index (χ0) is 21.8. The van der Waals surface area contributed by atoms with E-state index in [9.17, 15) is 19.5 Å². The van der Waals surface area contributed by atoms with Crippen LogP contribution in [0.2, 0.25) is 0 Å². The smallest absolute Gasteiger partial charge is 0.326 e. The Kier molecular flexibility index (Phi) is 9.58. The van der Waals surface area contributed by atoms with Gasteiger partial charge in [0.05, 0.1) is 0 Å². The fraction of sp³-hybridized carbons (Fsp3) is 0.375. The van der Waals surface area contributed by atoms with E-state index in [0.717, 1.165) is 30.4 Å². The molecule has 2 rings (SSSR count). The molecule has 0 saturated heterocycles. The van der Waals surface area contributed by atoms with Gasteiger partial charge in [-0.3, -0.25) is 9.59 Å². The summed E-state index contributed by atoms with van der Waals surface area (Å²) in [5.74, 6) is -1.81. The van der Waals surface area contributed by atoms with Crippen LogP contribution >= 0.6 is 0 Å². The monoisotopic (exact) mass is 410 g/mol. The summed E-state index contributed by atoms with van der Waals surface area (Å²) in [6, 6.07) is 16.6. The average Bonchev–Trinajstić information content (AvgIpc) is 2.74. The van der Waals surface area contributed by atoms with Crippen molar-refractivity contribution in [1.82, 2.24) is 10.6 Å². The molecule has 6 heteroatoms. The number of amides is 2. The van der Waals surface area contributed by atoms with Gasteiger partial charge in [-0.15, -0.1) is 0 Å². The SMILES string of the molecule is CCCCCC(=O)N[C@@H](Cc1ccccc1)C(=O)N[C@@H](Cc1ccccc1)C(=O)O. The number of benzene rings is 2. The predicted octanol–water partition coefficient (Wildman–Crippen LogP) is 3.11. The fourth-order valence-corrected chi connectivity index (χ4v) is 3.18. The third-order valence-electron chi connectivity index (χ3n) is 4.84. The molecule has 0 bridgehead atoms. The molecule has 2 atom stereocenters. The summed E-state index contributed by atoms with van der Waals surface area (Å²) in [6.07, 6.45) is 3.52. The first-order valence-corrected chi connectivity index (χ1v) is 10.4. The molecule has 0 radical (unpaired) electrons. The Morgan fingerprint density at radius 3 is 1.83 bits per heavy atom. The molecule has 0 unspecified atom stereocenters. The zero-order valence-corrected chi connectivity index (χ0v) is 17.3. The van der Waals surface area contributed by atoms with E-state index in [-0.39, 0.29) is 12.3 Å². The van der Waals surface area contributed by atoms with Crippen LogP contribution in [-0.4, -0.2) is 35.0 Å². The highest BCUT2D eigenvalue weighted by molar-refractivity contribution is 5.90. The molecule has 0 aliphatic heterocycles. The van der Waals surface area contributed by atoms with Crippen LogP contribution < -0.4 is 10.6 Å². The number of unbranched alkanes of at least 4 members (excludes halogenated alkanes) is 2. The van der Waals surface area contributed by atoms with E-state index in [1.807, 2.05) is 60.7 Å². The largest absolute Gasteiger partial charge is 0.480 e. The van der Waals surface area contributed by atoms with Crippen molar-refractivity contribution in [2.24, 2.45) is 0 Å². The quantitative estimate of drug-likeness (QED) is 0.469. The number of hydrogen-bond donors (Lipinski definition) is 3. The molecule has 0 saturated carbocycles. The summed E-state index contributed by atoms with van der Waals surface area (Å²) in [5.41, 5.74) is 1.70. The van der Waals surface area contributed by atoms with Crippen molar-refractivity contribution in [2.75, 3.05) is 0 Å². The maximum Gasteiger partial charge on any atom is 0.326 e. The Labute approximate surface area is 177 Å². The van der Waals surface area contributed by atoms with Crippen LogP contribution in [0.4, 0.5) is 0 Å². The van der Waals surface area contributed by atoms with Gasteiger partial charge in [-0.25, -0.2) is 4.79 Å². The molecule has 6 nitrogen and oxygen atoms in total. The van der Waals surface area contributed by atoms with Crippen molar-refractivity contribution < 1.29 is 19.5 Å². The average molecular weight is 411 g/mol. The molecule has 160 valence electrons. The second-order valence-corrected chi connectivity index (χ2v) is 7.36. The van der Waals surface area contributed by atoms with E-state index < -0.39 is 24.0 Å². The number of carboxylic acids is 1. The standard InChI is InChI=1S/C24H30N2O4/c1-2-3-6-15-22(27)25-20(16-18-11-7-4-8-12-18)23(28)26-21(24(29)30)17-19-13-9-5-10-14-19/h4-5,7-14,20-21H,2-3,6,15-17H2,1H3,(H,25,27)(H,26,28)(H,29,30)/t20-,21-/m0/s1. The summed E-state index contributed by atoms with van der Waals surface area (Å²) in [7, 11) is 0. The number of aliphatic carboxylic acids is 1. The van der Waals surface area contributed by atoms with Gasteiger partial charge >= 0.3 is 5.97 Å². The molecule has 2 aromatic rings. The van der Waals surface area contributed by atoms with E-state index in [0.29, 0.717) is 12.8 Å². The minimum atomic E-state index is -1.11. The molecular formula is C24H30N2O4. The Morgan fingerprint density at radius 2 is 1.33 bits per heavy atom. The summed E-state index contributed by atoms with van der Waals surface area (Å²) in [6.45, 7) is 2.06. The summed E-state index contributed by atoms with van der Waals surface area (Å²) < 4.78 is 0. The van der Waals surface area contributed by atoms with Crippen LogP contribution in [-0.2, 0) is 27.2 Å². The van der Waals surface area contributed by atoms with Crippen LogP contribution in [0, 0.1) is 0 Å². The fourth-order valence-electron chi connectivity index (χ4n) is 3.18. The van der Waals surface area contributed by atoms with E-state index in [4.69, 9.17) is 0 Å². The highest BCUT2D eigenvalue weighted by atomic mass is 16.4. The van der Waals surface area contributed by atoms with E-state index in [1.54, 1.807) is 0 Å². The lowest BCUT2D eigenvalue weighted by Gasteiger charge is -2.22. The lowest BCUT2D eigenvalue weighted by atomic mass is 10.0. The first kappa shape index (κ1) is 23.1.